The van der Waals surface area contributed by atoms with Crippen LogP contribution in [-0.4, -0.2) is 25.3 Å². The molecule has 0 radical (unpaired) electrons. The Balaban J connectivity index is 1.90. The Bertz CT molecular complexity index is 163. The van der Waals surface area contributed by atoms with Crippen LogP contribution in [0, 0.1) is 5.41 Å². The van der Waals surface area contributed by atoms with E-state index in [-0.39, 0.29) is 0 Å². The van der Waals surface area contributed by atoms with E-state index in [1.807, 2.05) is 0 Å². The van der Waals surface area contributed by atoms with E-state index in [0.717, 1.165) is 19.3 Å². The highest BCUT2D eigenvalue weighted by Gasteiger charge is 2.36. The average Bonchev–Trinajstić information content (AvgIpc) is 2.77. The number of rotatable bonds is 2. The molecule has 1 saturated heterocycles. The maximum absolute atomic E-state index is 5.48. The molecule has 1 aliphatic heterocycles. The smallest absolute Gasteiger partial charge is 0.0532 e. The van der Waals surface area contributed by atoms with E-state index >= 15 is 0 Å². The third-order valence-electron chi connectivity index (χ3n) is 2.98. The van der Waals surface area contributed by atoms with Gasteiger partial charge in [-0.15, -0.1) is 0 Å². The fraction of sp³-hybridized carbons (Fsp3) is 1.00. The summed E-state index contributed by atoms with van der Waals surface area (Å²) in [6, 6.07) is 1.51. The SMILES string of the molecule is CC1(C)COCCC1NC1CC1. The maximum Gasteiger partial charge on any atom is 0.0532 e. The Kier molecular flexibility index (Phi) is 2.13. The van der Waals surface area contributed by atoms with Crippen molar-refractivity contribution in [3.63, 3.8) is 0 Å². The summed E-state index contributed by atoms with van der Waals surface area (Å²) in [5.41, 5.74) is 0.334. The van der Waals surface area contributed by atoms with Crippen molar-refractivity contribution in [3.05, 3.63) is 0 Å². The van der Waals surface area contributed by atoms with Gasteiger partial charge in [-0.05, 0) is 19.3 Å². The molecule has 0 aromatic heterocycles. The van der Waals surface area contributed by atoms with Crippen LogP contribution in [-0.2, 0) is 4.74 Å². The predicted molar refractivity (Wildman–Crippen MR) is 49.2 cm³/mol. The van der Waals surface area contributed by atoms with E-state index in [9.17, 15) is 0 Å². The van der Waals surface area contributed by atoms with Gasteiger partial charge in [0.1, 0.15) is 0 Å². The van der Waals surface area contributed by atoms with E-state index in [2.05, 4.69) is 19.2 Å². The molecule has 0 aromatic carbocycles. The van der Waals surface area contributed by atoms with E-state index in [1.165, 1.54) is 19.3 Å². The summed E-state index contributed by atoms with van der Waals surface area (Å²) in [6.45, 7) is 6.45. The first kappa shape index (κ1) is 8.52. The summed E-state index contributed by atoms with van der Waals surface area (Å²) in [4.78, 5) is 0. The number of hydrogen-bond acceptors (Lipinski definition) is 2. The Morgan fingerprint density at radius 1 is 1.25 bits per heavy atom. The van der Waals surface area contributed by atoms with Gasteiger partial charge in [-0.1, -0.05) is 13.8 Å². The zero-order valence-electron chi connectivity index (χ0n) is 8.10. The molecule has 0 spiro atoms. The lowest BCUT2D eigenvalue weighted by molar-refractivity contribution is -0.0135. The number of hydrogen-bond donors (Lipinski definition) is 1. The quantitative estimate of drug-likeness (QED) is 0.677. The van der Waals surface area contributed by atoms with Crippen molar-refractivity contribution >= 4 is 0 Å². The normalized spacial score (nSPS) is 35.0. The first-order valence-electron chi connectivity index (χ1n) is 5.02. The summed E-state index contributed by atoms with van der Waals surface area (Å²) < 4.78 is 5.48. The highest BCUT2D eigenvalue weighted by atomic mass is 16.5. The van der Waals surface area contributed by atoms with Crippen molar-refractivity contribution in [2.75, 3.05) is 13.2 Å². The van der Waals surface area contributed by atoms with Crippen molar-refractivity contribution in [2.24, 2.45) is 5.41 Å². The van der Waals surface area contributed by atoms with Gasteiger partial charge < -0.3 is 10.1 Å². The molecule has 1 unspecified atom stereocenters. The van der Waals surface area contributed by atoms with E-state index in [0.29, 0.717) is 11.5 Å². The minimum Gasteiger partial charge on any atom is -0.381 e. The van der Waals surface area contributed by atoms with Crippen LogP contribution in [0.5, 0.6) is 0 Å². The van der Waals surface area contributed by atoms with Crippen molar-refractivity contribution in [3.8, 4) is 0 Å². The Hall–Kier alpha value is -0.0800. The second-order valence-corrected chi connectivity index (χ2v) is 4.82. The highest BCUT2D eigenvalue weighted by Crippen LogP contribution is 2.31. The first-order valence-corrected chi connectivity index (χ1v) is 5.02. The van der Waals surface area contributed by atoms with Crippen molar-refractivity contribution in [1.82, 2.24) is 5.32 Å². The van der Waals surface area contributed by atoms with Crippen LogP contribution >= 0.6 is 0 Å². The molecule has 1 aliphatic carbocycles. The highest BCUT2D eigenvalue weighted by molar-refractivity contribution is 4.92. The summed E-state index contributed by atoms with van der Waals surface area (Å²) >= 11 is 0. The molecule has 0 aromatic rings. The standard InChI is InChI=1S/C10H19NO/c1-10(2)7-12-6-5-9(10)11-8-3-4-8/h8-9,11H,3-7H2,1-2H3. The molecule has 1 heterocycles. The number of ether oxygens (including phenoxy) is 1. The molecule has 12 heavy (non-hydrogen) atoms. The van der Waals surface area contributed by atoms with E-state index in [4.69, 9.17) is 4.74 Å². The van der Waals surface area contributed by atoms with Crippen LogP contribution in [0.25, 0.3) is 0 Å². The van der Waals surface area contributed by atoms with Gasteiger partial charge in [-0.25, -0.2) is 0 Å². The molecule has 70 valence electrons. The minimum absolute atomic E-state index is 0.334. The van der Waals surface area contributed by atoms with Gasteiger partial charge >= 0.3 is 0 Å². The van der Waals surface area contributed by atoms with Gasteiger partial charge in [0.05, 0.1) is 6.61 Å². The Labute approximate surface area is 74.7 Å². The van der Waals surface area contributed by atoms with Gasteiger partial charge in [0, 0.05) is 24.1 Å². The Morgan fingerprint density at radius 2 is 2.00 bits per heavy atom. The second-order valence-electron chi connectivity index (χ2n) is 4.82. The third kappa shape index (κ3) is 1.80. The molecule has 1 N–H and O–H groups in total. The molecule has 2 aliphatic rings. The van der Waals surface area contributed by atoms with Crippen LogP contribution in [0.3, 0.4) is 0 Å². The first-order chi connectivity index (χ1) is 5.68. The molecule has 1 saturated carbocycles. The van der Waals surface area contributed by atoms with Crippen molar-refractivity contribution in [2.45, 2.75) is 45.2 Å². The van der Waals surface area contributed by atoms with Crippen LogP contribution < -0.4 is 5.32 Å². The van der Waals surface area contributed by atoms with Gasteiger partial charge in [-0.2, -0.15) is 0 Å². The Morgan fingerprint density at radius 3 is 2.58 bits per heavy atom. The van der Waals surface area contributed by atoms with Crippen molar-refractivity contribution in [1.29, 1.82) is 0 Å². The molecule has 2 heteroatoms. The summed E-state index contributed by atoms with van der Waals surface area (Å²) in [5.74, 6) is 0. The summed E-state index contributed by atoms with van der Waals surface area (Å²) in [7, 11) is 0. The van der Waals surface area contributed by atoms with E-state index < -0.39 is 0 Å². The average molecular weight is 169 g/mol. The predicted octanol–water partition coefficient (Wildman–Crippen LogP) is 1.55. The fourth-order valence-electron chi connectivity index (χ4n) is 1.87. The zero-order valence-corrected chi connectivity index (χ0v) is 8.10. The molecular weight excluding hydrogens is 150 g/mol. The topological polar surface area (TPSA) is 21.3 Å². The lowest BCUT2D eigenvalue weighted by Crippen LogP contribution is -2.49. The monoisotopic (exact) mass is 169 g/mol. The van der Waals surface area contributed by atoms with Crippen molar-refractivity contribution < 1.29 is 4.74 Å². The largest absolute Gasteiger partial charge is 0.381 e. The molecule has 0 amide bonds. The molecule has 2 nitrogen and oxygen atoms in total. The third-order valence-corrected chi connectivity index (χ3v) is 2.98. The van der Waals surface area contributed by atoms with Crippen LogP contribution in [0.15, 0.2) is 0 Å². The van der Waals surface area contributed by atoms with Gasteiger partial charge in [-0.3, -0.25) is 0 Å². The lowest BCUT2D eigenvalue weighted by Gasteiger charge is -2.39. The zero-order chi connectivity index (χ0) is 8.60. The number of nitrogens with one attached hydrogen (secondary N) is 1. The molecule has 2 rings (SSSR count). The fourth-order valence-corrected chi connectivity index (χ4v) is 1.87. The molecular formula is C10H19NO. The van der Waals surface area contributed by atoms with Crippen LogP contribution in [0.2, 0.25) is 0 Å². The van der Waals surface area contributed by atoms with Gasteiger partial charge in [0.2, 0.25) is 0 Å². The lowest BCUT2D eigenvalue weighted by atomic mass is 9.82. The maximum atomic E-state index is 5.48. The summed E-state index contributed by atoms with van der Waals surface area (Å²) in [5, 5.41) is 3.70. The minimum atomic E-state index is 0.334. The molecule has 2 fully saturated rings. The molecule has 0 bridgehead atoms. The van der Waals surface area contributed by atoms with Crippen LogP contribution in [0.4, 0.5) is 0 Å². The van der Waals surface area contributed by atoms with Gasteiger partial charge in [0.25, 0.3) is 0 Å². The summed E-state index contributed by atoms with van der Waals surface area (Å²) in [6.07, 6.45) is 3.95. The second kappa shape index (κ2) is 3.00. The van der Waals surface area contributed by atoms with E-state index in [1.54, 1.807) is 0 Å². The molecule has 1 atom stereocenters. The van der Waals surface area contributed by atoms with Crippen LogP contribution in [0.1, 0.15) is 33.1 Å². The van der Waals surface area contributed by atoms with Gasteiger partial charge in [0.15, 0.2) is 0 Å².